The Hall–Kier alpha value is -0.910. The van der Waals surface area contributed by atoms with Gasteiger partial charge in [0.1, 0.15) is 0 Å². The highest BCUT2D eigenvalue weighted by atomic mass is 79.9. The van der Waals surface area contributed by atoms with Gasteiger partial charge >= 0.3 is 0 Å². The molecule has 1 aromatic heterocycles. The maximum atomic E-state index is 5.32. The zero-order valence-electron chi connectivity index (χ0n) is 11.1. The summed E-state index contributed by atoms with van der Waals surface area (Å²) in [6, 6.07) is 6.35. The molecule has 4 nitrogen and oxygen atoms in total. The molecule has 1 atom stereocenters. The molecule has 19 heavy (non-hydrogen) atoms. The molecule has 0 saturated carbocycles. The van der Waals surface area contributed by atoms with Crippen molar-refractivity contribution in [3.63, 3.8) is 0 Å². The lowest BCUT2D eigenvalue weighted by molar-refractivity contribution is 0.418. The Kier molecular flexibility index (Phi) is 5.97. The first-order chi connectivity index (χ1) is 8.60. The van der Waals surface area contributed by atoms with E-state index in [2.05, 4.69) is 38.3 Å². The van der Waals surface area contributed by atoms with Gasteiger partial charge in [0.15, 0.2) is 5.82 Å². The number of nitrogens with one attached hydrogen (secondary N) is 1. The van der Waals surface area contributed by atoms with E-state index in [9.17, 15) is 0 Å². The van der Waals surface area contributed by atoms with Gasteiger partial charge in [-0.2, -0.15) is 4.98 Å². The van der Waals surface area contributed by atoms with Gasteiger partial charge in [-0.3, -0.25) is 0 Å². The Morgan fingerprint density at radius 2 is 2.16 bits per heavy atom. The van der Waals surface area contributed by atoms with E-state index in [1.165, 1.54) is 0 Å². The summed E-state index contributed by atoms with van der Waals surface area (Å²) in [6.45, 7) is 4.11. The van der Waals surface area contributed by atoms with Crippen LogP contribution in [0.3, 0.4) is 0 Å². The fourth-order valence-corrected chi connectivity index (χ4v) is 2.01. The molecule has 0 aliphatic rings. The van der Waals surface area contributed by atoms with Crippen molar-refractivity contribution in [2.24, 2.45) is 0 Å². The third kappa shape index (κ3) is 4.03. The molecule has 1 aromatic carbocycles. The molecule has 0 aliphatic carbocycles. The first-order valence-corrected chi connectivity index (χ1v) is 6.66. The van der Waals surface area contributed by atoms with Gasteiger partial charge in [0.25, 0.3) is 5.89 Å². The minimum atomic E-state index is 0. The number of hydrogen-bond acceptors (Lipinski definition) is 4. The predicted octanol–water partition coefficient (Wildman–Crippen LogP) is 3.38. The summed E-state index contributed by atoms with van der Waals surface area (Å²) in [5.41, 5.74) is 2.09. The van der Waals surface area contributed by atoms with Crippen LogP contribution in [-0.2, 0) is 6.42 Å². The minimum Gasteiger partial charge on any atom is -0.334 e. The molecule has 104 valence electrons. The second kappa shape index (κ2) is 7.03. The van der Waals surface area contributed by atoms with Gasteiger partial charge in [-0.05, 0) is 38.6 Å². The maximum Gasteiger partial charge on any atom is 0.258 e. The second-order valence-corrected chi connectivity index (χ2v) is 5.28. The van der Waals surface area contributed by atoms with Crippen molar-refractivity contribution in [2.75, 3.05) is 7.05 Å². The smallest absolute Gasteiger partial charge is 0.258 e. The number of hydrogen-bond donors (Lipinski definition) is 1. The zero-order valence-corrected chi connectivity index (χ0v) is 13.5. The molecule has 1 N–H and O–H groups in total. The molecule has 0 spiro atoms. The van der Waals surface area contributed by atoms with E-state index in [-0.39, 0.29) is 12.4 Å². The van der Waals surface area contributed by atoms with Crippen LogP contribution in [0.5, 0.6) is 0 Å². The molecule has 0 fully saturated rings. The molecular formula is C13H17BrClN3O. The van der Waals surface area contributed by atoms with E-state index >= 15 is 0 Å². The highest BCUT2D eigenvalue weighted by Crippen LogP contribution is 2.25. The maximum absolute atomic E-state index is 5.32. The van der Waals surface area contributed by atoms with Gasteiger partial charge in [-0.25, -0.2) is 0 Å². The molecule has 0 amide bonds. The lowest BCUT2D eigenvalue weighted by Gasteiger charge is -2.04. The van der Waals surface area contributed by atoms with Gasteiger partial charge in [0.05, 0.1) is 0 Å². The lowest BCUT2D eigenvalue weighted by Crippen LogP contribution is -2.24. The standard InChI is InChI=1S/C13H16BrN3O.ClH/c1-8-4-5-10(14)7-11(8)13-16-12(17-18-13)6-9(2)15-3;/h4-5,7,9,15H,6H2,1-3H3;1H. The van der Waals surface area contributed by atoms with Crippen LogP contribution in [-0.4, -0.2) is 23.2 Å². The monoisotopic (exact) mass is 345 g/mol. The molecule has 0 aliphatic heterocycles. The molecule has 1 unspecified atom stereocenters. The number of benzene rings is 1. The topological polar surface area (TPSA) is 51.0 Å². The highest BCUT2D eigenvalue weighted by molar-refractivity contribution is 9.10. The third-order valence-electron chi connectivity index (χ3n) is 2.88. The molecular weight excluding hydrogens is 330 g/mol. The Labute approximate surface area is 127 Å². The zero-order chi connectivity index (χ0) is 13.1. The fourth-order valence-electron chi connectivity index (χ4n) is 1.65. The molecule has 2 rings (SSSR count). The number of aryl methyl sites for hydroxylation is 1. The Morgan fingerprint density at radius 3 is 2.84 bits per heavy atom. The van der Waals surface area contributed by atoms with E-state index in [0.717, 1.165) is 27.8 Å². The van der Waals surface area contributed by atoms with Crippen LogP contribution in [0.2, 0.25) is 0 Å². The molecule has 0 saturated heterocycles. The second-order valence-electron chi connectivity index (χ2n) is 4.37. The molecule has 0 radical (unpaired) electrons. The number of aromatic nitrogens is 2. The molecule has 0 bridgehead atoms. The van der Waals surface area contributed by atoms with Gasteiger partial charge in [-0.1, -0.05) is 27.2 Å². The summed E-state index contributed by atoms with van der Waals surface area (Å²) in [5.74, 6) is 1.30. The summed E-state index contributed by atoms with van der Waals surface area (Å²) in [5, 5.41) is 7.16. The van der Waals surface area contributed by atoms with Crippen LogP contribution in [0.1, 0.15) is 18.3 Å². The fraction of sp³-hybridized carbons (Fsp3) is 0.385. The highest BCUT2D eigenvalue weighted by Gasteiger charge is 2.13. The van der Waals surface area contributed by atoms with E-state index < -0.39 is 0 Å². The van der Waals surface area contributed by atoms with Crippen molar-refractivity contribution in [3.8, 4) is 11.5 Å². The molecule has 1 heterocycles. The van der Waals surface area contributed by atoms with Crippen LogP contribution in [0.4, 0.5) is 0 Å². The summed E-state index contributed by atoms with van der Waals surface area (Å²) >= 11 is 3.45. The van der Waals surface area contributed by atoms with E-state index in [1.807, 2.05) is 32.2 Å². The Bertz CT molecular complexity index is 544. The van der Waals surface area contributed by atoms with Crippen LogP contribution in [0, 0.1) is 6.92 Å². The number of rotatable bonds is 4. The van der Waals surface area contributed by atoms with Crippen LogP contribution >= 0.6 is 28.3 Å². The summed E-state index contributed by atoms with van der Waals surface area (Å²) < 4.78 is 6.33. The van der Waals surface area contributed by atoms with Crippen LogP contribution in [0.15, 0.2) is 27.2 Å². The van der Waals surface area contributed by atoms with E-state index in [4.69, 9.17) is 4.52 Å². The van der Waals surface area contributed by atoms with Gasteiger partial charge in [-0.15, -0.1) is 12.4 Å². The number of nitrogens with zero attached hydrogens (tertiary/aromatic N) is 2. The quantitative estimate of drug-likeness (QED) is 0.922. The van der Waals surface area contributed by atoms with E-state index in [0.29, 0.717) is 11.9 Å². The van der Waals surface area contributed by atoms with Crippen molar-refractivity contribution in [2.45, 2.75) is 26.3 Å². The van der Waals surface area contributed by atoms with Crippen molar-refractivity contribution in [3.05, 3.63) is 34.1 Å². The third-order valence-corrected chi connectivity index (χ3v) is 3.37. The normalized spacial score (nSPS) is 12.0. The first-order valence-electron chi connectivity index (χ1n) is 5.86. The van der Waals surface area contributed by atoms with Crippen LogP contribution in [0.25, 0.3) is 11.5 Å². The Morgan fingerprint density at radius 1 is 1.42 bits per heavy atom. The first kappa shape index (κ1) is 16.1. The number of likely N-dealkylation sites (N-methyl/N-ethyl adjacent to an activating group) is 1. The molecule has 2 aromatic rings. The SMILES string of the molecule is CNC(C)Cc1noc(-c2cc(Br)ccc2C)n1.Cl. The summed E-state index contributed by atoms with van der Waals surface area (Å²) in [6.07, 6.45) is 0.757. The van der Waals surface area contributed by atoms with Crippen molar-refractivity contribution >= 4 is 28.3 Å². The minimum absolute atomic E-state index is 0. The average molecular weight is 347 g/mol. The van der Waals surface area contributed by atoms with Crippen LogP contribution < -0.4 is 5.32 Å². The molecule has 6 heteroatoms. The van der Waals surface area contributed by atoms with E-state index in [1.54, 1.807) is 0 Å². The van der Waals surface area contributed by atoms with Gasteiger partial charge in [0.2, 0.25) is 0 Å². The van der Waals surface area contributed by atoms with Crippen molar-refractivity contribution < 1.29 is 4.52 Å². The largest absolute Gasteiger partial charge is 0.334 e. The average Bonchev–Trinajstić information content (AvgIpc) is 2.80. The van der Waals surface area contributed by atoms with Crippen molar-refractivity contribution in [1.29, 1.82) is 0 Å². The lowest BCUT2D eigenvalue weighted by atomic mass is 10.1. The number of halogens is 2. The Balaban J connectivity index is 0.00000180. The van der Waals surface area contributed by atoms with Gasteiger partial charge in [0, 0.05) is 22.5 Å². The summed E-state index contributed by atoms with van der Waals surface area (Å²) in [4.78, 5) is 4.43. The summed E-state index contributed by atoms with van der Waals surface area (Å²) in [7, 11) is 1.92. The van der Waals surface area contributed by atoms with Crippen molar-refractivity contribution in [1.82, 2.24) is 15.5 Å². The van der Waals surface area contributed by atoms with Gasteiger partial charge < -0.3 is 9.84 Å². The predicted molar refractivity (Wildman–Crippen MR) is 81.6 cm³/mol.